The molecule has 0 unspecified atom stereocenters. The maximum absolute atomic E-state index is 14.1. The number of amides is 2. The zero-order chi connectivity index (χ0) is 21.1. The van der Waals surface area contributed by atoms with Gasteiger partial charge in [-0.2, -0.15) is 0 Å². The van der Waals surface area contributed by atoms with Crippen LogP contribution in [0.1, 0.15) is 11.1 Å². The minimum absolute atomic E-state index is 0.112. The van der Waals surface area contributed by atoms with Gasteiger partial charge in [0.05, 0.1) is 11.4 Å². The highest BCUT2D eigenvalue weighted by Gasteiger charge is 2.35. The molecule has 0 radical (unpaired) electrons. The summed E-state index contributed by atoms with van der Waals surface area (Å²) in [6.07, 6.45) is 1.62. The molecule has 2 amide bonds. The summed E-state index contributed by atoms with van der Waals surface area (Å²) in [7, 11) is 0. The Hall–Kier alpha value is -3.09. The first-order valence-corrected chi connectivity index (χ1v) is 10.2. The fourth-order valence-corrected chi connectivity index (χ4v) is 3.98. The van der Waals surface area contributed by atoms with Gasteiger partial charge < -0.3 is 4.74 Å². The fourth-order valence-electron chi connectivity index (χ4n) is 2.92. The van der Waals surface area contributed by atoms with Crippen LogP contribution in [0.5, 0.6) is 11.5 Å². The van der Waals surface area contributed by atoms with E-state index in [2.05, 4.69) is 0 Å². The number of imide groups is 1. The molecule has 1 aliphatic rings. The number of benzene rings is 3. The van der Waals surface area contributed by atoms with Crippen molar-refractivity contribution in [2.45, 2.75) is 6.54 Å². The van der Waals surface area contributed by atoms with Crippen LogP contribution in [0.2, 0.25) is 5.02 Å². The maximum atomic E-state index is 14.1. The molecule has 7 heteroatoms. The van der Waals surface area contributed by atoms with Crippen LogP contribution in [-0.2, 0) is 11.3 Å². The van der Waals surface area contributed by atoms with E-state index in [1.165, 1.54) is 18.2 Å². The van der Waals surface area contributed by atoms with Crippen LogP contribution < -0.4 is 4.74 Å². The molecule has 0 bridgehead atoms. The maximum Gasteiger partial charge on any atom is 0.293 e. The number of para-hydroxylation sites is 1. The first-order chi connectivity index (χ1) is 14.5. The number of rotatable bonds is 5. The van der Waals surface area contributed by atoms with Crippen molar-refractivity contribution in [2.24, 2.45) is 0 Å². The van der Waals surface area contributed by atoms with Crippen LogP contribution in [0.3, 0.4) is 0 Å². The molecular formula is C23H15ClFNO3S. The molecule has 150 valence electrons. The number of carbonyl (C=O) groups excluding carboxylic acids is 2. The summed E-state index contributed by atoms with van der Waals surface area (Å²) in [4.78, 5) is 26.3. The van der Waals surface area contributed by atoms with E-state index in [1.807, 2.05) is 30.3 Å². The second-order valence-electron chi connectivity index (χ2n) is 6.46. The van der Waals surface area contributed by atoms with Gasteiger partial charge in [-0.25, -0.2) is 4.39 Å². The van der Waals surface area contributed by atoms with Gasteiger partial charge in [0.2, 0.25) is 0 Å². The van der Waals surface area contributed by atoms with Gasteiger partial charge in [0, 0.05) is 10.6 Å². The molecule has 4 rings (SSSR count). The van der Waals surface area contributed by atoms with Gasteiger partial charge in [-0.3, -0.25) is 14.5 Å². The van der Waals surface area contributed by atoms with Crippen molar-refractivity contribution in [3.63, 3.8) is 0 Å². The average molecular weight is 440 g/mol. The second-order valence-corrected chi connectivity index (χ2v) is 7.86. The molecule has 3 aromatic rings. The Kier molecular flexibility index (Phi) is 5.88. The van der Waals surface area contributed by atoms with E-state index >= 15 is 0 Å². The summed E-state index contributed by atoms with van der Waals surface area (Å²) in [5.74, 6) is 0.249. The van der Waals surface area contributed by atoms with Crippen molar-refractivity contribution in [3.05, 3.63) is 99.7 Å². The van der Waals surface area contributed by atoms with Crippen LogP contribution >= 0.6 is 23.4 Å². The summed E-state index contributed by atoms with van der Waals surface area (Å²) in [5.41, 5.74) is 0.818. The van der Waals surface area contributed by atoms with E-state index in [4.69, 9.17) is 16.3 Å². The average Bonchev–Trinajstić information content (AvgIpc) is 2.99. The van der Waals surface area contributed by atoms with E-state index in [-0.39, 0.29) is 22.0 Å². The lowest BCUT2D eigenvalue weighted by molar-refractivity contribution is -0.123. The van der Waals surface area contributed by atoms with Crippen LogP contribution in [0.25, 0.3) is 6.08 Å². The highest BCUT2D eigenvalue weighted by Crippen LogP contribution is 2.35. The number of hydrogen-bond donors (Lipinski definition) is 0. The molecule has 0 spiro atoms. The fraction of sp³-hybridized carbons (Fsp3) is 0.0435. The molecule has 0 N–H and O–H groups in total. The predicted octanol–water partition coefficient (Wildman–Crippen LogP) is 6.51. The molecule has 1 aliphatic heterocycles. The SMILES string of the molecule is O=C1S/C(=C/c2cccc(Oc3ccccc3)c2)C(=O)N1Cc1c(F)cccc1Cl. The highest BCUT2D eigenvalue weighted by molar-refractivity contribution is 8.18. The van der Waals surface area contributed by atoms with Gasteiger partial charge in [0.15, 0.2) is 0 Å². The lowest BCUT2D eigenvalue weighted by Gasteiger charge is -2.14. The smallest absolute Gasteiger partial charge is 0.293 e. The number of hydrogen-bond acceptors (Lipinski definition) is 4. The number of halogens is 2. The standard InChI is InChI=1S/C23H15ClFNO3S/c24-19-10-5-11-20(25)18(19)14-26-22(27)21(30-23(26)28)13-15-6-4-9-17(12-15)29-16-7-2-1-3-8-16/h1-13H,14H2/b21-13+. The summed E-state index contributed by atoms with van der Waals surface area (Å²) in [6.45, 7) is -0.218. The third-order valence-electron chi connectivity index (χ3n) is 4.39. The zero-order valence-electron chi connectivity index (χ0n) is 15.5. The first kappa shape index (κ1) is 20.2. The minimum Gasteiger partial charge on any atom is -0.457 e. The monoisotopic (exact) mass is 439 g/mol. The minimum atomic E-state index is -0.559. The summed E-state index contributed by atoms with van der Waals surface area (Å²) < 4.78 is 19.9. The third-order valence-corrected chi connectivity index (χ3v) is 5.65. The van der Waals surface area contributed by atoms with Gasteiger partial charge in [-0.1, -0.05) is 48.0 Å². The Morgan fingerprint density at radius 3 is 2.47 bits per heavy atom. The van der Waals surface area contributed by atoms with Crippen molar-refractivity contribution in [2.75, 3.05) is 0 Å². The third kappa shape index (κ3) is 4.40. The summed E-state index contributed by atoms with van der Waals surface area (Å²) in [6, 6.07) is 20.7. The Bertz CT molecular complexity index is 1130. The molecule has 0 atom stereocenters. The Balaban J connectivity index is 1.54. The number of nitrogens with zero attached hydrogens (tertiary/aromatic N) is 1. The van der Waals surface area contributed by atoms with Crippen molar-refractivity contribution < 1.29 is 18.7 Å². The van der Waals surface area contributed by atoms with Crippen LogP contribution in [-0.4, -0.2) is 16.0 Å². The topological polar surface area (TPSA) is 46.6 Å². The molecule has 0 aromatic heterocycles. The van der Waals surface area contributed by atoms with E-state index in [0.29, 0.717) is 17.1 Å². The Morgan fingerprint density at radius 2 is 1.70 bits per heavy atom. The molecular weight excluding hydrogens is 425 g/mol. The van der Waals surface area contributed by atoms with E-state index < -0.39 is 17.0 Å². The van der Waals surface area contributed by atoms with Crippen LogP contribution in [0, 0.1) is 5.82 Å². The van der Waals surface area contributed by atoms with Crippen molar-refractivity contribution in [1.29, 1.82) is 0 Å². The van der Waals surface area contributed by atoms with Crippen molar-refractivity contribution >= 4 is 40.6 Å². The van der Waals surface area contributed by atoms with Gasteiger partial charge >= 0.3 is 0 Å². The van der Waals surface area contributed by atoms with Crippen molar-refractivity contribution in [3.8, 4) is 11.5 Å². The highest BCUT2D eigenvalue weighted by atomic mass is 35.5. The molecule has 30 heavy (non-hydrogen) atoms. The van der Waals surface area contributed by atoms with E-state index in [0.717, 1.165) is 16.7 Å². The van der Waals surface area contributed by atoms with E-state index in [1.54, 1.807) is 30.3 Å². The predicted molar refractivity (Wildman–Crippen MR) is 116 cm³/mol. The molecule has 4 nitrogen and oxygen atoms in total. The first-order valence-electron chi connectivity index (χ1n) is 9.02. The molecule has 1 fully saturated rings. The van der Waals surface area contributed by atoms with Crippen LogP contribution in [0.4, 0.5) is 9.18 Å². The van der Waals surface area contributed by atoms with Crippen molar-refractivity contribution in [1.82, 2.24) is 4.90 Å². The van der Waals surface area contributed by atoms with Gasteiger partial charge in [0.1, 0.15) is 17.3 Å². The molecule has 1 heterocycles. The second kappa shape index (κ2) is 8.73. The summed E-state index contributed by atoms with van der Waals surface area (Å²) >= 11 is 6.84. The quantitative estimate of drug-likeness (QED) is 0.425. The largest absolute Gasteiger partial charge is 0.457 e. The van der Waals surface area contributed by atoms with Gasteiger partial charge in [-0.05, 0) is 59.8 Å². The molecule has 0 saturated carbocycles. The molecule has 1 saturated heterocycles. The molecule has 3 aromatic carbocycles. The Labute approximate surface area is 181 Å². The molecule has 0 aliphatic carbocycles. The lowest BCUT2D eigenvalue weighted by Crippen LogP contribution is -2.28. The number of carbonyl (C=O) groups is 2. The number of ether oxygens (including phenoxy) is 1. The van der Waals surface area contributed by atoms with Crippen LogP contribution in [0.15, 0.2) is 77.7 Å². The zero-order valence-corrected chi connectivity index (χ0v) is 17.1. The normalized spacial score (nSPS) is 15.1. The number of thioether (sulfide) groups is 1. The summed E-state index contributed by atoms with van der Waals surface area (Å²) in [5, 5.41) is -0.300. The van der Waals surface area contributed by atoms with Gasteiger partial charge in [-0.15, -0.1) is 0 Å². The lowest BCUT2D eigenvalue weighted by atomic mass is 10.2. The van der Waals surface area contributed by atoms with E-state index in [9.17, 15) is 14.0 Å². The van der Waals surface area contributed by atoms with Gasteiger partial charge in [0.25, 0.3) is 11.1 Å². The Morgan fingerprint density at radius 1 is 0.967 bits per heavy atom.